The van der Waals surface area contributed by atoms with Crippen molar-refractivity contribution in [3.63, 3.8) is 0 Å². The Morgan fingerprint density at radius 1 is 1.17 bits per heavy atom. The lowest BCUT2D eigenvalue weighted by atomic mass is 9.50. The molecule has 30 heavy (non-hydrogen) atoms. The second-order valence-corrected chi connectivity index (χ2v) is 9.14. The topological polar surface area (TPSA) is 95.9 Å². The van der Waals surface area contributed by atoms with Crippen LogP contribution in [-0.4, -0.2) is 37.3 Å². The molecule has 152 valence electrons. The van der Waals surface area contributed by atoms with Crippen molar-refractivity contribution in [1.82, 2.24) is 19.3 Å². The lowest BCUT2D eigenvalue weighted by Gasteiger charge is -2.62. The molecule has 1 aliphatic heterocycles. The van der Waals surface area contributed by atoms with E-state index in [1.165, 1.54) is 30.8 Å². The summed E-state index contributed by atoms with van der Waals surface area (Å²) in [5.74, 6) is 2.26. The maximum atomic E-state index is 12.1. The predicted molar refractivity (Wildman–Crippen MR) is 116 cm³/mol. The van der Waals surface area contributed by atoms with Gasteiger partial charge in [0.1, 0.15) is 5.69 Å². The van der Waals surface area contributed by atoms with Crippen molar-refractivity contribution in [2.75, 3.05) is 22.1 Å². The van der Waals surface area contributed by atoms with E-state index in [9.17, 15) is 4.79 Å². The summed E-state index contributed by atoms with van der Waals surface area (Å²) in [6, 6.07) is 7.74. The van der Waals surface area contributed by atoms with Crippen LogP contribution in [0, 0.1) is 5.92 Å². The Morgan fingerprint density at radius 3 is 2.77 bits per heavy atom. The number of hydrogen-bond donors (Lipinski definition) is 2. The fourth-order valence-corrected chi connectivity index (χ4v) is 5.21. The van der Waals surface area contributed by atoms with Crippen LogP contribution in [0.3, 0.4) is 0 Å². The average Bonchev–Trinajstić information content (AvgIpc) is 3.34. The minimum absolute atomic E-state index is 0.126. The molecule has 2 bridgehead atoms. The van der Waals surface area contributed by atoms with Gasteiger partial charge in [0.25, 0.3) is 0 Å². The summed E-state index contributed by atoms with van der Waals surface area (Å²) >= 11 is 1.25. The molecule has 2 N–H and O–H groups in total. The number of rotatable bonds is 6. The highest BCUT2D eigenvalue weighted by Crippen LogP contribution is 2.58. The van der Waals surface area contributed by atoms with Crippen LogP contribution in [0.4, 0.5) is 22.3 Å². The normalized spacial score (nSPS) is 24.3. The molecule has 1 saturated heterocycles. The zero-order valence-electron chi connectivity index (χ0n) is 16.3. The van der Waals surface area contributed by atoms with Crippen molar-refractivity contribution >= 4 is 39.8 Å². The van der Waals surface area contributed by atoms with E-state index in [1.807, 2.05) is 30.5 Å². The quantitative estimate of drug-likeness (QED) is 0.627. The van der Waals surface area contributed by atoms with Crippen LogP contribution in [0.2, 0.25) is 0 Å². The van der Waals surface area contributed by atoms with E-state index >= 15 is 0 Å². The third kappa shape index (κ3) is 3.00. The molecule has 4 heterocycles. The van der Waals surface area contributed by atoms with Gasteiger partial charge in [-0.2, -0.15) is 9.36 Å². The summed E-state index contributed by atoms with van der Waals surface area (Å²) in [4.78, 5) is 27.4. The van der Waals surface area contributed by atoms with Crippen LogP contribution in [-0.2, 0) is 4.79 Å². The van der Waals surface area contributed by atoms with E-state index in [2.05, 4.69) is 30.0 Å². The second-order valence-electron chi connectivity index (χ2n) is 8.38. The molecule has 0 atom stereocenters. The number of nitrogens with one attached hydrogen (secondary N) is 2. The zero-order valence-corrected chi connectivity index (χ0v) is 17.2. The lowest BCUT2D eigenvalue weighted by Crippen LogP contribution is -2.63. The fraction of sp³-hybridized carbons (Fsp3) is 0.381. The maximum absolute atomic E-state index is 12.1. The van der Waals surface area contributed by atoms with E-state index in [1.54, 1.807) is 11.1 Å². The van der Waals surface area contributed by atoms with Crippen molar-refractivity contribution in [2.24, 2.45) is 5.92 Å². The van der Waals surface area contributed by atoms with Gasteiger partial charge in [0, 0.05) is 36.2 Å². The van der Waals surface area contributed by atoms with Gasteiger partial charge in [0.05, 0.1) is 17.6 Å². The van der Waals surface area contributed by atoms with E-state index in [0.29, 0.717) is 35.3 Å². The molecule has 1 amide bonds. The minimum Gasteiger partial charge on any atom is -0.378 e. The van der Waals surface area contributed by atoms with Gasteiger partial charge in [-0.1, -0.05) is 0 Å². The first kappa shape index (κ1) is 17.8. The van der Waals surface area contributed by atoms with Gasteiger partial charge in [0.15, 0.2) is 11.6 Å². The van der Waals surface area contributed by atoms with Gasteiger partial charge in [-0.05, 0) is 55.9 Å². The molecule has 3 saturated carbocycles. The van der Waals surface area contributed by atoms with Crippen LogP contribution in [0.1, 0.15) is 32.1 Å². The van der Waals surface area contributed by atoms with Gasteiger partial charge in [-0.25, -0.2) is 4.98 Å². The van der Waals surface area contributed by atoms with Crippen LogP contribution in [0.25, 0.3) is 11.5 Å². The zero-order chi connectivity index (χ0) is 20.1. The van der Waals surface area contributed by atoms with Gasteiger partial charge >= 0.3 is 0 Å². The van der Waals surface area contributed by atoms with Crippen molar-refractivity contribution in [2.45, 2.75) is 37.6 Å². The molecule has 3 aromatic rings. The summed E-state index contributed by atoms with van der Waals surface area (Å²) in [6.07, 6.45) is 8.87. The Kier molecular flexibility index (Phi) is 3.98. The lowest BCUT2D eigenvalue weighted by molar-refractivity contribution is -0.117. The highest BCUT2D eigenvalue weighted by Gasteiger charge is 2.56. The molecule has 9 heteroatoms. The minimum atomic E-state index is 0.126. The summed E-state index contributed by atoms with van der Waals surface area (Å²) in [6.45, 7) is 0.715. The summed E-state index contributed by atoms with van der Waals surface area (Å²) in [5.41, 5.74) is 2.90. The number of aromatic nitrogens is 4. The molecule has 4 aliphatic rings. The molecule has 3 aromatic heterocycles. The third-order valence-electron chi connectivity index (χ3n) is 6.24. The Hall–Kier alpha value is -3.07. The standard InChI is InChI=1S/C21H21N7OS/c29-17-4-2-8-28(17)16-3-1-7-22-19(16)25-20-24-18(27-30-20)15-6-5-14(12-23-15)26-21-9-13(10-21)11-21/h1,3,5-7,12-13,26H,2,4,8-11H2,(H,22,24,25,27). The summed E-state index contributed by atoms with van der Waals surface area (Å²) < 4.78 is 4.44. The third-order valence-corrected chi connectivity index (χ3v) is 6.87. The Morgan fingerprint density at radius 2 is 2.07 bits per heavy atom. The van der Waals surface area contributed by atoms with Gasteiger partial charge < -0.3 is 15.5 Å². The molecule has 8 nitrogen and oxygen atoms in total. The van der Waals surface area contributed by atoms with E-state index in [4.69, 9.17) is 0 Å². The molecule has 7 rings (SSSR count). The second kappa shape index (κ2) is 6.73. The Balaban J connectivity index is 1.18. The van der Waals surface area contributed by atoms with Crippen molar-refractivity contribution in [3.8, 4) is 11.5 Å². The van der Waals surface area contributed by atoms with Gasteiger partial charge in [-0.3, -0.25) is 9.78 Å². The van der Waals surface area contributed by atoms with E-state index < -0.39 is 0 Å². The summed E-state index contributed by atoms with van der Waals surface area (Å²) in [5, 5.41) is 7.46. The molecule has 4 fully saturated rings. The van der Waals surface area contributed by atoms with Gasteiger partial charge in [0.2, 0.25) is 11.0 Å². The van der Waals surface area contributed by atoms with Crippen molar-refractivity contribution in [1.29, 1.82) is 0 Å². The molecular weight excluding hydrogens is 398 g/mol. The van der Waals surface area contributed by atoms with Crippen molar-refractivity contribution < 1.29 is 4.79 Å². The van der Waals surface area contributed by atoms with Crippen LogP contribution in [0.15, 0.2) is 36.7 Å². The molecule has 0 radical (unpaired) electrons. The number of hydrogen-bond acceptors (Lipinski definition) is 8. The van der Waals surface area contributed by atoms with E-state index in [0.717, 1.165) is 29.4 Å². The molecule has 0 aromatic carbocycles. The Labute approximate surface area is 177 Å². The van der Waals surface area contributed by atoms with Crippen LogP contribution < -0.4 is 15.5 Å². The SMILES string of the molecule is O=C1CCCN1c1cccnc1Nc1nc(-c2ccc(NC34CC(C3)C4)cn2)ns1. The number of carbonyl (C=O) groups excluding carboxylic acids is 1. The van der Waals surface area contributed by atoms with Crippen LogP contribution in [0.5, 0.6) is 0 Å². The predicted octanol–water partition coefficient (Wildman–Crippen LogP) is 3.83. The first-order chi connectivity index (χ1) is 14.7. The number of carbonyl (C=O) groups is 1. The van der Waals surface area contributed by atoms with E-state index in [-0.39, 0.29) is 5.91 Å². The Bertz CT molecular complexity index is 1100. The largest absolute Gasteiger partial charge is 0.378 e. The highest BCUT2D eigenvalue weighted by molar-refractivity contribution is 7.09. The first-order valence-electron chi connectivity index (χ1n) is 10.3. The van der Waals surface area contributed by atoms with Crippen molar-refractivity contribution in [3.05, 3.63) is 36.7 Å². The number of amides is 1. The molecular formula is C21H21N7OS. The van der Waals surface area contributed by atoms with Crippen LogP contribution >= 0.6 is 11.5 Å². The maximum Gasteiger partial charge on any atom is 0.227 e. The molecule has 0 unspecified atom stereocenters. The monoisotopic (exact) mass is 419 g/mol. The first-order valence-corrected chi connectivity index (χ1v) is 11.1. The number of pyridine rings is 2. The highest BCUT2D eigenvalue weighted by atomic mass is 32.1. The smallest absolute Gasteiger partial charge is 0.227 e. The molecule has 0 spiro atoms. The summed E-state index contributed by atoms with van der Waals surface area (Å²) in [7, 11) is 0. The fourth-order valence-electron chi connectivity index (χ4n) is 4.63. The number of nitrogens with zero attached hydrogens (tertiary/aromatic N) is 5. The molecule has 3 aliphatic carbocycles. The average molecular weight is 420 g/mol. The van der Waals surface area contributed by atoms with Gasteiger partial charge in [-0.15, -0.1) is 0 Å². The number of anilines is 4.